The van der Waals surface area contributed by atoms with Crippen LogP contribution in [-0.4, -0.2) is 96.7 Å². The summed E-state index contributed by atoms with van der Waals surface area (Å²) >= 11 is 0. The predicted octanol–water partition coefficient (Wildman–Crippen LogP) is 19.8. The van der Waals surface area contributed by atoms with Crippen molar-refractivity contribution in [1.82, 2.24) is 0 Å². The van der Waals surface area contributed by atoms with E-state index in [4.69, 9.17) is 37.0 Å². The first-order chi connectivity index (χ1) is 42.7. The zero-order valence-corrected chi connectivity index (χ0v) is 59.7. The molecule has 0 bridgehead atoms. The van der Waals surface area contributed by atoms with E-state index in [1.807, 2.05) is 0 Å². The molecule has 3 N–H and O–H groups in total. The van der Waals surface area contributed by atoms with Gasteiger partial charge >= 0.3 is 39.5 Å². The molecule has 89 heavy (non-hydrogen) atoms. The van der Waals surface area contributed by atoms with Gasteiger partial charge in [0.2, 0.25) is 0 Å². The molecule has 0 radical (unpaired) electrons. The zero-order chi connectivity index (χ0) is 65.9. The second kappa shape index (κ2) is 61.0. The summed E-state index contributed by atoms with van der Waals surface area (Å²) in [6.07, 6.45) is 44.5. The standard InChI is InChI=1S/C70H136O17P2/c1-8-9-10-11-27-37-44-51-67(72)80-57-65(86-69(74)53-46-39-32-25-19-13-16-22-29-35-42-49-62(4)5)59-84-88(76,77)82-55-64(71)56-83-89(78,79)85-60-66(87-70(75)54-47-40-33-26-20-14-17-23-30-36-43-50-63(6)7)58-81-68(73)52-45-38-31-24-18-12-15-21-28-34-41-48-61(2)3/h61-66,71H,8-60H2,1-7H3,(H,76,77)(H,78,79)/t64-,65+,66+/m0/s1. The maximum absolute atomic E-state index is 13.0. The van der Waals surface area contributed by atoms with Crippen LogP contribution in [0, 0.1) is 17.8 Å². The summed E-state index contributed by atoms with van der Waals surface area (Å²) in [7, 11) is -9.90. The maximum atomic E-state index is 13.0. The molecule has 0 spiro atoms. The van der Waals surface area contributed by atoms with Crippen LogP contribution in [0.1, 0.15) is 350 Å². The second-order valence-electron chi connectivity index (χ2n) is 26.7. The summed E-state index contributed by atoms with van der Waals surface area (Å²) in [4.78, 5) is 72.4. The topological polar surface area (TPSA) is 237 Å². The molecule has 0 rings (SSSR count). The average Bonchev–Trinajstić information content (AvgIpc) is 3.65. The van der Waals surface area contributed by atoms with Crippen LogP contribution < -0.4 is 0 Å². The quantitative estimate of drug-likeness (QED) is 0.0222. The third kappa shape index (κ3) is 64.6. The minimum atomic E-state index is -4.95. The summed E-state index contributed by atoms with van der Waals surface area (Å²) in [5.74, 6) is 0.172. The molecule has 0 aliphatic carbocycles. The van der Waals surface area contributed by atoms with Crippen LogP contribution in [0.5, 0.6) is 0 Å². The summed E-state index contributed by atoms with van der Waals surface area (Å²) in [5.41, 5.74) is 0. The zero-order valence-electron chi connectivity index (χ0n) is 57.9. The van der Waals surface area contributed by atoms with Crippen LogP contribution in [0.25, 0.3) is 0 Å². The summed E-state index contributed by atoms with van der Waals surface area (Å²) in [6, 6.07) is 0. The van der Waals surface area contributed by atoms with Crippen molar-refractivity contribution in [3.8, 4) is 0 Å². The van der Waals surface area contributed by atoms with E-state index in [0.29, 0.717) is 25.7 Å². The molecule has 0 aromatic heterocycles. The molecule has 0 aliphatic rings. The lowest BCUT2D eigenvalue weighted by Crippen LogP contribution is -2.30. The van der Waals surface area contributed by atoms with Crippen molar-refractivity contribution in [1.29, 1.82) is 0 Å². The lowest BCUT2D eigenvalue weighted by Gasteiger charge is -2.21. The highest BCUT2D eigenvalue weighted by Gasteiger charge is 2.30. The number of ether oxygens (including phenoxy) is 4. The number of unbranched alkanes of at least 4 members (excludes halogenated alkanes) is 36. The van der Waals surface area contributed by atoms with Gasteiger partial charge in [0.25, 0.3) is 0 Å². The molecule has 0 fully saturated rings. The van der Waals surface area contributed by atoms with Crippen LogP contribution >= 0.6 is 15.6 Å². The molecule has 5 atom stereocenters. The Morgan fingerprint density at radius 2 is 0.517 bits per heavy atom. The fraction of sp³-hybridized carbons (Fsp3) is 0.943. The second-order valence-corrected chi connectivity index (χ2v) is 29.6. The van der Waals surface area contributed by atoms with E-state index in [-0.39, 0.29) is 25.7 Å². The van der Waals surface area contributed by atoms with Crippen molar-refractivity contribution in [2.45, 2.75) is 369 Å². The summed E-state index contributed by atoms with van der Waals surface area (Å²) < 4.78 is 68.2. The first kappa shape index (κ1) is 87.1. The number of hydrogen-bond acceptors (Lipinski definition) is 15. The smallest absolute Gasteiger partial charge is 0.462 e. The Labute approximate surface area is 543 Å². The minimum absolute atomic E-state index is 0.106. The third-order valence-electron chi connectivity index (χ3n) is 16.1. The molecule has 2 unspecified atom stereocenters. The van der Waals surface area contributed by atoms with Crippen molar-refractivity contribution in [2.24, 2.45) is 17.8 Å². The van der Waals surface area contributed by atoms with Gasteiger partial charge in [0.15, 0.2) is 12.2 Å². The number of carbonyl (C=O) groups is 4. The molecule has 0 saturated heterocycles. The van der Waals surface area contributed by atoms with Gasteiger partial charge in [-0.15, -0.1) is 0 Å². The van der Waals surface area contributed by atoms with Crippen molar-refractivity contribution in [3.63, 3.8) is 0 Å². The molecular weight excluding hydrogens is 1170 g/mol. The number of phosphoric ester groups is 2. The number of phosphoric acid groups is 2. The lowest BCUT2D eigenvalue weighted by atomic mass is 10.0. The van der Waals surface area contributed by atoms with Crippen molar-refractivity contribution >= 4 is 39.5 Å². The van der Waals surface area contributed by atoms with Gasteiger partial charge in [0.1, 0.15) is 19.3 Å². The van der Waals surface area contributed by atoms with Crippen molar-refractivity contribution in [2.75, 3.05) is 39.6 Å². The normalized spacial score (nSPS) is 14.2. The van der Waals surface area contributed by atoms with E-state index in [2.05, 4.69) is 48.5 Å². The van der Waals surface area contributed by atoms with Crippen LogP contribution in [0.2, 0.25) is 0 Å². The van der Waals surface area contributed by atoms with Gasteiger partial charge in [-0.1, -0.05) is 299 Å². The molecule has 17 nitrogen and oxygen atoms in total. The molecule has 0 aliphatic heterocycles. The van der Waals surface area contributed by atoms with E-state index in [1.165, 1.54) is 148 Å². The Morgan fingerprint density at radius 3 is 0.764 bits per heavy atom. The van der Waals surface area contributed by atoms with E-state index >= 15 is 0 Å². The molecule has 528 valence electrons. The molecule has 0 amide bonds. The van der Waals surface area contributed by atoms with Crippen molar-refractivity contribution in [3.05, 3.63) is 0 Å². The SMILES string of the molecule is CCCCCCCCCC(=O)OC[C@H](COP(=O)(O)OC[C@H](O)COP(=O)(O)OC[C@@H](COC(=O)CCCCCCCCCCCCCC(C)C)OC(=O)CCCCCCCCCCCCCC(C)C)OC(=O)CCCCCCCCCCCCCC(C)C. The predicted molar refractivity (Wildman–Crippen MR) is 358 cm³/mol. The molecule has 19 heteroatoms. The fourth-order valence-electron chi connectivity index (χ4n) is 10.5. The van der Waals surface area contributed by atoms with Crippen molar-refractivity contribution < 1.29 is 80.2 Å². The number of rotatable bonds is 68. The lowest BCUT2D eigenvalue weighted by molar-refractivity contribution is -0.161. The Bertz CT molecular complexity index is 1750. The highest BCUT2D eigenvalue weighted by Crippen LogP contribution is 2.45. The third-order valence-corrected chi connectivity index (χ3v) is 18.0. The Balaban J connectivity index is 5.21. The Hall–Kier alpha value is -1.94. The van der Waals surface area contributed by atoms with Gasteiger partial charge in [0.05, 0.1) is 26.4 Å². The Kier molecular flexibility index (Phi) is 59.6. The minimum Gasteiger partial charge on any atom is -0.462 e. The summed E-state index contributed by atoms with van der Waals surface area (Å²) in [6.45, 7) is 11.8. The number of carbonyl (C=O) groups excluding carboxylic acids is 4. The van der Waals surface area contributed by atoms with Gasteiger partial charge < -0.3 is 33.8 Å². The monoisotopic (exact) mass is 1310 g/mol. The number of hydrogen-bond donors (Lipinski definition) is 3. The van der Waals surface area contributed by atoms with E-state index in [0.717, 1.165) is 120 Å². The molecule has 0 saturated carbocycles. The van der Waals surface area contributed by atoms with Gasteiger partial charge in [-0.05, 0) is 43.4 Å². The molecule has 0 heterocycles. The Morgan fingerprint density at radius 1 is 0.303 bits per heavy atom. The highest BCUT2D eigenvalue weighted by atomic mass is 31.2. The van der Waals surface area contributed by atoms with Gasteiger partial charge in [-0.2, -0.15) is 0 Å². The number of aliphatic hydroxyl groups is 1. The fourth-order valence-corrected chi connectivity index (χ4v) is 12.1. The van der Waals surface area contributed by atoms with Gasteiger partial charge in [0, 0.05) is 25.7 Å². The first-order valence-corrected chi connectivity index (χ1v) is 39.3. The van der Waals surface area contributed by atoms with E-state index in [1.54, 1.807) is 0 Å². The van der Waals surface area contributed by atoms with Crippen LogP contribution in [0.4, 0.5) is 0 Å². The average molecular weight is 1310 g/mol. The van der Waals surface area contributed by atoms with E-state index in [9.17, 15) is 43.2 Å². The summed E-state index contributed by atoms with van der Waals surface area (Å²) in [5, 5.41) is 10.6. The first-order valence-electron chi connectivity index (χ1n) is 36.3. The molecule has 0 aromatic rings. The van der Waals surface area contributed by atoms with Gasteiger partial charge in [-0.3, -0.25) is 37.3 Å². The van der Waals surface area contributed by atoms with Crippen LogP contribution in [0.15, 0.2) is 0 Å². The number of aliphatic hydroxyl groups excluding tert-OH is 1. The number of esters is 4. The molecular formula is C70H136O17P2. The molecule has 0 aromatic carbocycles. The van der Waals surface area contributed by atoms with Crippen LogP contribution in [0.3, 0.4) is 0 Å². The van der Waals surface area contributed by atoms with Crippen LogP contribution in [-0.2, 0) is 65.4 Å². The van der Waals surface area contributed by atoms with Gasteiger partial charge in [-0.25, -0.2) is 9.13 Å². The van der Waals surface area contributed by atoms with E-state index < -0.39 is 97.5 Å². The largest absolute Gasteiger partial charge is 0.472 e. The maximum Gasteiger partial charge on any atom is 0.472 e. The highest BCUT2D eigenvalue weighted by molar-refractivity contribution is 7.47.